The second kappa shape index (κ2) is 10.7. The lowest BCUT2D eigenvalue weighted by atomic mass is 10.1. The minimum Gasteiger partial charge on any atom is -0.486 e. The van der Waals surface area contributed by atoms with Crippen LogP contribution in [-0.4, -0.2) is 15.7 Å². The maximum atomic E-state index is 12.8. The second-order valence-corrected chi connectivity index (χ2v) is 9.29. The minimum absolute atomic E-state index is 0.176. The van der Waals surface area contributed by atoms with E-state index in [-0.39, 0.29) is 12.5 Å². The van der Waals surface area contributed by atoms with Gasteiger partial charge in [0, 0.05) is 27.4 Å². The van der Waals surface area contributed by atoms with E-state index in [2.05, 4.69) is 10.4 Å². The zero-order valence-corrected chi connectivity index (χ0v) is 21.0. The number of nitrogens with one attached hydrogen (secondary N) is 1. The molecule has 174 valence electrons. The monoisotopic (exact) mass is 533 g/mol. The van der Waals surface area contributed by atoms with Crippen LogP contribution in [-0.2, 0) is 13.2 Å². The van der Waals surface area contributed by atoms with Gasteiger partial charge in [-0.05, 0) is 54.4 Å². The standard InChI is InChI=1S/C25H19Cl4N3O2/c1-15-8-23(31-32(15)13-16-4-3-7-19(26)10-16)30-25(33)18-6-2-5-17(9-18)14-34-24-21(28)11-20(27)12-22(24)29/h2-12H,13-14H2,1H3,(H,30,31,33). The van der Waals surface area contributed by atoms with Crippen LogP contribution in [0.4, 0.5) is 5.82 Å². The number of hydrogen-bond donors (Lipinski definition) is 1. The highest BCUT2D eigenvalue weighted by Crippen LogP contribution is 2.36. The van der Waals surface area contributed by atoms with Gasteiger partial charge in [-0.25, -0.2) is 0 Å². The number of aromatic nitrogens is 2. The van der Waals surface area contributed by atoms with Crippen LogP contribution in [0, 0.1) is 6.92 Å². The smallest absolute Gasteiger partial charge is 0.256 e. The summed E-state index contributed by atoms with van der Waals surface area (Å²) in [5.74, 6) is 0.519. The fraction of sp³-hybridized carbons (Fsp3) is 0.120. The van der Waals surface area contributed by atoms with Crippen LogP contribution in [0.1, 0.15) is 27.2 Å². The van der Waals surface area contributed by atoms with Crippen LogP contribution >= 0.6 is 46.4 Å². The van der Waals surface area contributed by atoms with E-state index in [1.54, 1.807) is 30.3 Å². The second-order valence-electron chi connectivity index (χ2n) is 7.60. The van der Waals surface area contributed by atoms with Gasteiger partial charge in [0.1, 0.15) is 6.61 Å². The molecule has 0 unspecified atom stereocenters. The van der Waals surface area contributed by atoms with E-state index in [1.807, 2.05) is 48.0 Å². The molecule has 34 heavy (non-hydrogen) atoms. The maximum absolute atomic E-state index is 12.8. The summed E-state index contributed by atoms with van der Waals surface area (Å²) >= 11 is 24.4. The van der Waals surface area contributed by atoms with E-state index in [1.165, 1.54) is 0 Å². The number of amides is 1. The van der Waals surface area contributed by atoms with E-state index in [4.69, 9.17) is 51.1 Å². The summed E-state index contributed by atoms with van der Waals surface area (Å²) in [5, 5.41) is 9.07. The normalized spacial score (nSPS) is 10.9. The summed E-state index contributed by atoms with van der Waals surface area (Å²) in [4.78, 5) is 12.8. The summed E-state index contributed by atoms with van der Waals surface area (Å²) in [6, 6.07) is 19.6. The van der Waals surface area contributed by atoms with Crippen molar-refractivity contribution in [3.05, 3.63) is 109 Å². The topological polar surface area (TPSA) is 56.1 Å². The molecule has 1 heterocycles. The largest absolute Gasteiger partial charge is 0.486 e. The molecule has 0 radical (unpaired) electrons. The first kappa shape index (κ1) is 24.4. The maximum Gasteiger partial charge on any atom is 0.256 e. The van der Waals surface area contributed by atoms with Crippen molar-refractivity contribution in [3.63, 3.8) is 0 Å². The van der Waals surface area contributed by atoms with Crippen LogP contribution < -0.4 is 10.1 Å². The van der Waals surface area contributed by atoms with Crippen molar-refractivity contribution in [1.82, 2.24) is 9.78 Å². The number of carbonyl (C=O) groups excluding carboxylic acids is 1. The lowest BCUT2D eigenvalue weighted by Gasteiger charge is -2.11. The number of nitrogens with zero attached hydrogens (tertiary/aromatic N) is 2. The van der Waals surface area contributed by atoms with E-state index in [0.717, 1.165) is 16.8 Å². The molecule has 3 aromatic carbocycles. The predicted octanol–water partition coefficient (Wildman–Crippen LogP) is 7.68. The predicted molar refractivity (Wildman–Crippen MR) is 138 cm³/mol. The van der Waals surface area contributed by atoms with Gasteiger partial charge in [0.25, 0.3) is 5.91 Å². The molecule has 1 aromatic heterocycles. The molecule has 4 aromatic rings. The zero-order chi connectivity index (χ0) is 24.2. The lowest BCUT2D eigenvalue weighted by Crippen LogP contribution is -2.13. The Morgan fingerprint density at radius 2 is 1.62 bits per heavy atom. The summed E-state index contributed by atoms with van der Waals surface area (Å²) in [5.41, 5.74) is 3.17. The van der Waals surface area contributed by atoms with Crippen LogP contribution in [0.2, 0.25) is 20.1 Å². The molecule has 4 rings (SSSR count). The molecule has 9 heteroatoms. The highest BCUT2D eigenvalue weighted by atomic mass is 35.5. The Morgan fingerprint density at radius 3 is 2.35 bits per heavy atom. The van der Waals surface area contributed by atoms with Gasteiger partial charge in [-0.3, -0.25) is 9.48 Å². The number of benzene rings is 3. The molecule has 0 saturated heterocycles. The van der Waals surface area contributed by atoms with E-state index in [0.29, 0.717) is 43.8 Å². The summed E-state index contributed by atoms with van der Waals surface area (Å²) in [6.45, 7) is 2.65. The Morgan fingerprint density at radius 1 is 0.912 bits per heavy atom. The quantitative estimate of drug-likeness (QED) is 0.264. The SMILES string of the molecule is Cc1cc(NC(=O)c2cccc(COc3c(Cl)cc(Cl)cc3Cl)c2)nn1Cc1cccc(Cl)c1. The molecule has 0 bridgehead atoms. The van der Waals surface area contributed by atoms with Crippen molar-refractivity contribution in [2.24, 2.45) is 0 Å². The Balaban J connectivity index is 1.43. The molecule has 0 aliphatic carbocycles. The number of carbonyl (C=O) groups is 1. The van der Waals surface area contributed by atoms with E-state index < -0.39 is 0 Å². The minimum atomic E-state index is -0.281. The molecule has 0 aliphatic heterocycles. The average Bonchev–Trinajstić information content (AvgIpc) is 3.11. The first-order valence-corrected chi connectivity index (χ1v) is 11.8. The summed E-state index contributed by atoms with van der Waals surface area (Å²) < 4.78 is 7.58. The van der Waals surface area contributed by atoms with Crippen LogP contribution in [0.15, 0.2) is 66.7 Å². The number of anilines is 1. The van der Waals surface area contributed by atoms with Gasteiger partial charge in [-0.2, -0.15) is 5.10 Å². The highest BCUT2D eigenvalue weighted by molar-refractivity contribution is 6.40. The van der Waals surface area contributed by atoms with Crippen molar-refractivity contribution in [2.45, 2.75) is 20.1 Å². The summed E-state index contributed by atoms with van der Waals surface area (Å²) in [6.07, 6.45) is 0. The molecule has 0 fully saturated rings. The number of hydrogen-bond acceptors (Lipinski definition) is 3. The van der Waals surface area contributed by atoms with E-state index >= 15 is 0 Å². The zero-order valence-electron chi connectivity index (χ0n) is 18.0. The van der Waals surface area contributed by atoms with Crippen molar-refractivity contribution in [1.29, 1.82) is 0 Å². The number of halogens is 4. The molecule has 5 nitrogen and oxygen atoms in total. The van der Waals surface area contributed by atoms with Crippen LogP contribution in [0.5, 0.6) is 5.75 Å². The number of aryl methyl sites for hydroxylation is 1. The fourth-order valence-electron chi connectivity index (χ4n) is 3.35. The Bertz CT molecular complexity index is 1330. The fourth-order valence-corrected chi connectivity index (χ4v) is 4.49. The third-order valence-corrected chi connectivity index (χ3v) is 5.99. The van der Waals surface area contributed by atoms with Crippen LogP contribution in [0.3, 0.4) is 0 Å². The van der Waals surface area contributed by atoms with Gasteiger partial charge >= 0.3 is 0 Å². The average molecular weight is 535 g/mol. The highest BCUT2D eigenvalue weighted by Gasteiger charge is 2.13. The summed E-state index contributed by atoms with van der Waals surface area (Å²) in [7, 11) is 0. The molecular weight excluding hydrogens is 516 g/mol. The molecule has 0 saturated carbocycles. The van der Waals surface area contributed by atoms with E-state index in [9.17, 15) is 4.79 Å². The molecular formula is C25H19Cl4N3O2. The van der Waals surface area contributed by atoms with Gasteiger partial charge in [0.15, 0.2) is 11.6 Å². The molecule has 0 atom stereocenters. The molecule has 1 amide bonds. The number of ether oxygens (including phenoxy) is 1. The van der Waals surface area contributed by atoms with Crippen molar-refractivity contribution >= 4 is 58.1 Å². The molecule has 0 spiro atoms. The Kier molecular flexibility index (Phi) is 7.69. The lowest BCUT2D eigenvalue weighted by molar-refractivity contribution is 0.102. The van der Waals surface area contributed by atoms with Crippen molar-refractivity contribution in [3.8, 4) is 5.75 Å². The first-order chi connectivity index (χ1) is 16.3. The Hall–Kier alpha value is -2.70. The third-order valence-electron chi connectivity index (χ3n) is 4.98. The van der Waals surface area contributed by atoms with Crippen molar-refractivity contribution in [2.75, 3.05) is 5.32 Å². The van der Waals surface area contributed by atoms with Gasteiger partial charge in [-0.15, -0.1) is 0 Å². The van der Waals surface area contributed by atoms with Crippen LogP contribution in [0.25, 0.3) is 0 Å². The first-order valence-electron chi connectivity index (χ1n) is 10.2. The molecule has 1 N–H and O–H groups in total. The van der Waals surface area contributed by atoms with Gasteiger partial charge < -0.3 is 10.1 Å². The number of rotatable bonds is 7. The van der Waals surface area contributed by atoms with Gasteiger partial charge in [-0.1, -0.05) is 70.7 Å². The van der Waals surface area contributed by atoms with Gasteiger partial charge in [0.2, 0.25) is 0 Å². The van der Waals surface area contributed by atoms with Crippen molar-refractivity contribution < 1.29 is 9.53 Å². The molecule has 0 aliphatic rings. The Labute approximate surface area is 217 Å². The van der Waals surface area contributed by atoms with Gasteiger partial charge in [0.05, 0.1) is 16.6 Å². The third kappa shape index (κ3) is 6.05.